The van der Waals surface area contributed by atoms with Crippen molar-refractivity contribution in [2.45, 2.75) is 57.4 Å². The largest absolute Gasteiger partial charge is 0.344 e. The van der Waals surface area contributed by atoms with Gasteiger partial charge in [0.15, 0.2) is 0 Å². The quantitative estimate of drug-likeness (QED) is 0.644. The number of sulfonamides is 1. The summed E-state index contributed by atoms with van der Waals surface area (Å²) in [4.78, 5) is 25.5. The van der Waals surface area contributed by atoms with Crippen LogP contribution in [-0.2, 0) is 19.6 Å². The first-order valence-electron chi connectivity index (χ1n) is 11.4. The lowest BCUT2D eigenvalue weighted by Crippen LogP contribution is -2.47. The Morgan fingerprint density at radius 1 is 0.939 bits per heavy atom. The SMILES string of the molecule is Cc1ccc(S(=O)(=O)N2CCC(C(=O)N[C@@H](C)C(=O)Nc3ccc(C(C)C)cc3)CC2)cc1. The first-order valence-corrected chi connectivity index (χ1v) is 12.8. The Morgan fingerprint density at radius 3 is 2.06 bits per heavy atom. The molecule has 0 saturated carbocycles. The van der Waals surface area contributed by atoms with Gasteiger partial charge in [-0.05, 0) is 62.4 Å². The number of nitrogens with one attached hydrogen (secondary N) is 2. The van der Waals surface area contributed by atoms with E-state index in [1.807, 2.05) is 31.2 Å². The van der Waals surface area contributed by atoms with Gasteiger partial charge in [0.05, 0.1) is 4.90 Å². The van der Waals surface area contributed by atoms with E-state index in [4.69, 9.17) is 0 Å². The van der Waals surface area contributed by atoms with Crippen molar-refractivity contribution in [1.82, 2.24) is 9.62 Å². The highest BCUT2D eigenvalue weighted by atomic mass is 32.2. The number of carbonyl (C=O) groups excluding carboxylic acids is 2. The maximum atomic E-state index is 12.8. The van der Waals surface area contributed by atoms with E-state index in [9.17, 15) is 18.0 Å². The minimum atomic E-state index is -3.57. The zero-order valence-corrected chi connectivity index (χ0v) is 20.5. The molecule has 1 heterocycles. The smallest absolute Gasteiger partial charge is 0.246 e. The highest BCUT2D eigenvalue weighted by Gasteiger charge is 2.32. The summed E-state index contributed by atoms with van der Waals surface area (Å²) >= 11 is 0. The van der Waals surface area contributed by atoms with E-state index in [0.29, 0.717) is 24.4 Å². The summed E-state index contributed by atoms with van der Waals surface area (Å²) in [5.41, 5.74) is 2.86. The molecule has 2 N–H and O–H groups in total. The summed E-state index contributed by atoms with van der Waals surface area (Å²) in [6.45, 7) is 8.31. The Kier molecular flexibility index (Phi) is 7.92. The van der Waals surface area contributed by atoms with Gasteiger partial charge in [-0.1, -0.05) is 43.7 Å². The molecule has 0 bridgehead atoms. The second kappa shape index (κ2) is 10.5. The number of anilines is 1. The van der Waals surface area contributed by atoms with Gasteiger partial charge in [-0.15, -0.1) is 0 Å². The molecule has 0 aliphatic carbocycles. The van der Waals surface area contributed by atoms with Crippen LogP contribution in [0.5, 0.6) is 0 Å². The normalized spacial score (nSPS) is 16.4. The number of aryl methyl sites for hydroxylation is 1. The number of rotatable bonds is 7. The highest BCUT2D eigenvalue weighted by Crippen LogP contribution is 2.24. The Hall–Kier alpha value is -2.71. The number of piperidine rings is 1. The zero-order chi connectivity index (χ0) is 24.2. The number of carbonyl (C=O) groups is 2. The number of nitrogens with zero attached hydrogens (tertiary/aromatic N) is 1. The minimum Gasteiger partial charge on any atom is -0.344 e. The third kappa shape index (κ3) is 6.21. The lowest BCUT2D eigenvalue weighted by atomic mass is 9.97. The van der Waals surface area contributed by atoms with Gasteiger partial charge < -0.3 is 10.6 Å². The third-order valence-corrected chi connectivity index (χ3v) is 7.99. The standard InChI is InChI=1S/C25H33N3O4S/c1-17(2)20-7-9-22(10-8-20)27-24(29)19(4)26-25(30)21-13-15-28(16-14-21)33(31,32)23-11-5-18(3)6-12-23/h5-12,17,19,21H,13-16H2,1-4H3,(H,26,30)(H,27,29)/t19-/m0/s1. The average Bonchev–Trinajstić information content (AvgIpc) is 2.79. The predicted molar refractivity (Wildman–Crippen MR) is 129 cm³/mol. The minimum absolute atomic E-state index is 0.222. The van der Waals surface area contributed by atoms with Crippen LogP contribution in [0.3, 0.4) is 0 Å². The Morgan fingerprint density at radius 2 is 1.52 bits per heavy atom. The molecule has 7 nitrogen and oxygen atoms in total. The topological polar surface area (TPSA) is 95.6 Å². The number of hydrogen-bond acceptors (Lipinski definition) is 4. The van der Waals surface area contributed by atoms with Gasteiger partial charge in [-0.2, -0.15) is 4.31 Å². The van der Waals surface area contributed by atoms with Gasteiger partial charge in [0.2, 0.25) is 21.8 Å². The van der Waals surface area contributed by atoms with E-state index in [-0.39, 0.29) is 35.7 Å². The maximum absolute atomic E-state index is 12.8. The van der Waals surface area contributed by atoms with Crippen molar-refractivity contribution in [1.29, 1.82) is 0 Å². The monoisotopic (exact) mass is 471 g/mol. The van der Waals surface area contributed by atoms with Crippen LogP contribution >= 0.6 is 0 Å². The predicted octanol–water partition coefficient (Wildman–Crippen LogP) is 3.66. The van der Waals surface area contributed by atoms with Crippen LogP contribution in [0.25, 0.3) is 0 Å². The Labute approximate surface area is 196 Å². The molecule has 8 heteroatoms. The second-order valence-corrected chi connectivity index (χ2v) is 10.9. The van der Waals surface area contributed by atoms with E-state index in [1.165, 1.54) is 9.87 Å². The fraction of sp³-hybridized carbons (Fsp3) is 0.440. The molecule has 0 spiro atoms. The van der Waals surface area contributed by atoms with Gasteiger partial charge in [0.1, 0.15) is 6.04 Å². The van der Waals surface area contributed by atoms with E-state index >= 15 is 0 Å². The molecular formula is C25H33N3O4S. The van der Waals surface area contributed by atoms with Crippen LogP contribution in [0.15, 0.2) is 53.4 Å². The fourth-order valence-electron chi connectivity index (χ4n) is 3.82. The molecule has 2 aromatic carbocycles. The van der Waals surface area contributed by atoms with Crippen molar-refractivity contribution in [2.75, 3.05) is 18.4 Å². The first kappa shape index (κ1) is 24.9. The molecule has 1 atom stereocenters. The number of amides is 2. The third-order valence-electron chi connectivity index (χ3n) is 6.08. The van der Waals surface area contributed by atoms with Gasteiger partial charge in [0, 0.05) is 24.7 Å². The van der Waals surface area contributed by atoms with Crippen molar-refractivity contribution in [2.24, 2.45) is 5.92 Å². The molecular weight excluding hydrogens is 438 g/mol. The van der Waals surface area contributed by atoms with Crippen LogP contribution < -0.4 is 10.6 Å². The summed E-state index contributed by atoms with van der Waals surface area (Å²) < 4.78 is 27.1. The Balaban J connectivity index is 1.51. The number of benzene rings is 2. The van der Waals surface area contributed by atoms with E-state index in [1.54, 1.807) is 31.2 Å². The van der Waals surface area contributed by atoms with Crippen LogP contribution in [0.4, 0.5) is 5.69 Å². The van der Waals surface area contributed by atoms with Crippen molar-refractivity contribution in [3.8, 4) is 0 Å². The van der Waals surface area contributed by atoms with E-state index in [2.05, 4.69) is 24.5 Å². The van der Waals surface area contributed by atoms with Crippen LogP contribution in [0.2, 0.25) is 0 Å². The van der Waals surface area contributed by atoms with Crippen LogP contribution in [-0.4, -0.2) is 43.7 Å². The molecule has 1 fully saturated rings. The molecule has 2 aromatic rings. The molecule has 0 aromatic heterocycles. The van der Waals surface area contributed by atoms with Crippen LogP contribution in [0, 0.1) is 12.8 Å². The molecule has 0 unspecified atom stereocenters. The Bertz CT molecular complexity index is 1070. The van der Waals surface area contributed by atoms with Gasteiger partial charge in [0.25, 0.3) is 0 Å². The van der Waals surface area contributed by atoms with Gasteiger partial charge in [-0.25, -0.2) is 8.42 Å². The number of hydrogen-bond donors (Lipinski definition) is 2. The molecule has 0 radical (unpaired) electrons. The maximum Gasteiger partial charge on any atom is 0.246 e. The van der Waals surface area contributed by atoms with Crippen molar-refractivity contribution < 1.29 is 18.0 Å². The highest BCUT2D eigenvalue weighted by molar-refractivity contribution is 7.89. The van der Waals surface area contributed by atoms with Crippen molar-refractivity contribution >= 4 is 27.5 Å². The van der Waals surface area contributed by atoms with Crippen molar-refractivity contribution in [3.63, 3.8) is 0 Å². The van der Waals surface area contributed by atoms with Gasteiger partial charge in [-0.3, -0.25) is 9.59 Å². The molecule has 1 aliphatic rings. The molecule has 178 valence electrons. The molecule has 1 aliphatic heterocycles. The molecule has 33 heavy (non-hydrogen) atoms. The van der Waals surface area contributed by atoms with E-state index in [0.717, 1.165) is 5.56 Å². The summed E-state index contributed by atoms with van der Waals surface area (Å²) in [5.74, 6) is -0.429. The summed E-state index contributed by atoms with van der Waals surface area (Å²) in [6, 6.07) is 13.7. The average molecular weight is 472 g/mol. The fourth-order valence-corrected chi connectivity index (χ4v) is 5.29. The second-order valence-electron chi connectivity index (χ2n) is 8.99. The lowest BCUT2D eigenvalue weighted by molar-refractivity contribution is -0.129. The summed E-state index contributed by atoms with van der Waals surface area (Å²) in [5, 5.41) is 5.60. The van der Waals surface area contributed by atoms with Crippen LogP contribution in [0.1, 0.15) is 50.7 Å². The zero-order valence-electron chi connectivity index (χ0n) is 19.7. The molecule has 3 rings (SSSR count). The first-order chi connectivity index (χ1) is 15.6. The molecule has 2 amide bonds. The van der Waals surface area contributed by atoms with Gasteiger partial charge >= 0.3 is 0 Å². The summed E-state index contributed by atoms with van der Waals surface area (Å²) in [7, 11) is -3.57. The van der Waals surface area contributed by atoms with Crippen molar-refractivity contribution in [3.05, 3.63) is 59.7 Å². The molecule has 1 saturated heterocycles. The summed E-state index contributed by atoms with van der Waals surface area (Å²) in [6.07, 6.45) is 0.837. The lowest BCUT2D eigenvalue weighted by Gasteiger charge is -2.31. The van der Waals surface area contributed by atoms with E-state index < -0.39 is 16.1 Å².